The summed E-state index contributed by atoms with van der Waals surface area (Å²) in [5.41, 5.74) is -0.526. The number of halogens is 3. The largest absolute Gasteiger partial charge is 0.524 e. The fourth-order valence-corrected chi connectivity index (χ4v) is 4.64. The molecule has 2 atom stereocenters. The van der Waals surface area contributed by atoms with E-state index < -0.39 is 53.0 Å². The zero-order chi connectivity index (χ0) is 23.7. The number of hydrogen-bond donors (Lipinski definition) is 2. The summed E-state index contributed by atoms with van der Waals surface area (Å²) in [5.74, 6) is -1.68. The predicted molar refractivity (Wildman–Crippen MR) is 118 cm³/mol. The van der Waals surface area contributed by atoms with Crippen molar-refractivity contribution in [3.8, 4) is 5.75 Å². The van der Waals surface area contributed by atoms with Crippen molar-refractivity contribution in [2.24, 2.45) is 4.99 Å². The number of β-lactam (4-membered cyclic amide) rings is 1. The number of thioether (sulfide) groups is 1. The average Bonchev–Trinajstić information content (AvgIpc) is 3.06. The molecule has 1 amide bonds. The second-order valence-corrected chi connectivity index (χ2v) is 11.3. The van der Waals surface area contributed by atoms with Gasteiger partial charge in [0.25, 0.3) is 5.91 Å². The molecule has 1 aromatic carbocycles. The van der Waals surface area contributed by atoms with Gasteiger partial charge in [0, 0.05) is 0 Å². The van der Waals surface area contributed by atoms with Gasteiger partial charge in [0.15, 0.2) is 11.7 Å². The summed E-state index contributed by atoms with van der Waals surface area (Å²) in [4.78, 5) is 48.8. The number of rotatable bonds is 8. The van der Waals surface area contributed by atoms with Crippen LogP contribution in [0.15, 0.2) is 46.8 Å². The standard InChI is InChI=1S/C17H16Cl3N2O8PS/c1-9(30-31(25,26)27)13(16(24)29-8-17(18,19)20)22-14(23)12-15(22)32-11(21-12)7-28-10-5-3-2-4-6-10/h2-6,12,15H,7-8H2,1H3,(H2,25,26,27). The quantitative estimate of drug-likeness (QED) is 0.126. The predicted octanol–water partition coefficient (Wildman–Crippen LogP) is 3.00. The number of carbonyl (C=O) groups excluding carboxylic acids is 2. The van der Waals surface area contributed by atoms with Crippen molar-refractivity contribution in [2.75, 3.05) is 13.2 Å². The molecule has 2 aliphatic heterocycles. The van der Waals surface area contributed by atoms with Gasteiger partial charge < -0.3 is 14.0 Å². The Bertz CT molecular complexity index is 1010. The molecule has 0 radical (unpaired) electrons. The van der Waals surface area contributed by atoms with Crippen LogP contribution in [0.25, 0.3) is 0 Å². The Labute approximate surface area is 201 Å². The van der Waals surface area contributed by atoms with E-state index >= 15 is 0 Å². The van der Waals surface area contributed by atoms with Gasteiger partial charge in [-0.2, -0.15) is 0 Å². The Morgan fingerprint density at radius 2 is 1.94 bits per heavy atom. The Morgan fingerprint density at radius 1 is 1.28 bits per heavy atom. The van der Waals surface area contributed by atoms with Crippen LogP contribution in [0.5, 0.6) is 5.75 Å². The van der Waals surface area contributed by atoms with Crippen molar-refractivity contribution in [3.05, 3.63) is 41.8 Å². The number of phosphoric ester groups is 1. The Hall–Kier alpha value is -1.46. The highest BCUT2D eigenvalue weighted by Gasteiger charge is 2.56. The Balaban J connectivity index is 1.76. The van der Waals surface area contributed by atoms with Crippen LogP contribution in [0.1, 0.15) is 6.92 Å². The monoisotopic (exact) mass is 544 g/mol. The van der Waals surface area contributed by atoms with Gasteiger partial charge in [-0.05, 0) is 19.1 Å². The first kappa shape index (κ1) is 25.2. The number of nitrogens with zero attached hydrogens (tertiary/aromatic N) is 2. The van der Waals surface area contributed by atoms with E-state index in [4.69, 9.17) is 54.1 Å². The summed E-state index contributed by atoms with van der Waals surface area (Å²) in [7, 11) is -5.03. The molecule has 32 heavy (non-hydrogen) atoms. The van der Waals surface area contributed by atoms with Crippen LogP contribution < -0.4 is 4.74 Å². The van der Waals surface area contributed by atoms with Crippen LogP contribution >= 0.6 is 54.4 Å². The van der Waals surface area contributed by atoms with Crippen molar-refractivity contribution in [3.63, 3.8) is 0 Å². The van der Waals surface area contributed by atoms with E-state index in [0.29, 0.717) is 10.8 Å². The number of benzene rings is 1. The number of phosphoric acid groups is 1. The summed E-state index contributed by atoms with van der Waals surface area (Å²) in [6.07, 6.45) is 0. The van der Waals surface area contributed by atoms with Gasteiger partial charge in [0.1, 0.15) is 35.1 Å². The smallest absolute Gasteiger partial charge is 0.487 e. The molecule has 0 aliphatic carbocycles. The fourth-order valence-electron chi connectivity index (χ4n) is 2.83. The van der Waals surface area contributed by atoms with Crippen LogP contribution in [-0.2, 0) is 23.4 Å². The third-order valence-corrected chi connectivity index (χ3v) is 6.10. The number of carbonyl (C=O) groups is 2. The van der Waals surface area contributed by atoms with Crippen molar-refractivity contribution in [1.82, 2.24) is 4.90 Å². The highest BCUT2D eigenvalue weighted by molar-refractivity contribution is 8.15. The van der Waals surface area contributed by atoms with E-state index in [2.05, 4.69) is 9.52 Å². The molecule has 174 valence electrons. The first-order chi connectivity index (χ1) is 14.9. The van der Waals surface area contributed by atoms with Crippen molar-refractivity contribution < 1.29 is 37.9 Å². The maximum Gasteiger partial charge on any atom is 0.524 e. The molecular weight excluding hydrogens is 530 g/mol. The number of amides is 1. The van der Waals surface area contributed by atoms with Gasteiger partial charge in [-0.3, -0.25) is 24.5 Å². The number of allylic oxidation sites excluding steroid dienone is 1. The molecule has 10 nitrogen and oxygen atoms in total. The number of aliphatic imine (C=N–C) groups is 1. The molecule has 0 aromatic heterocycles. The number of likely N-dealkylation sites (tertiary alicyclic amines) is 1. The maximum absolute atomic E-state index is 12.7. The minimum absolute atomic E-state index is 0.0948. The lowest BCUT2D eigenvalue weighted by molar-refractivity contribution is -0.150. The third kappa shape index (κ3) is 6.32. The zero-order valence-electron chi connectivity index (χ0n) is 16.2. The molecule has 2 unspecified atom stereocenters. The number of esters is 1. The van der Waals surface area contributed by atoms with Crippen molar-refractivity contribution in [2.45, 2.75) is 22.1 Å². The lowest BCUT2D eigenvalue weighted by atomic mass is 10.1. The van der Waals surface area contributed by atoms with Crippen LogP contribution in [0, 0.1) is 0 Å². The van der Waals surface area contributed by atoms with E-state index in [9.17, 15) is 14.2 Å². The van der Waals surface area contributed by atoms with E-state index in [1.807, 2.05) is 6.07 Å². The van der Waals surface area contributed by atoms with Gasteiger partial charge in [-0.25, -0.2) is 9.36 Å². The summed E-state index contributed by atoms with van der Waals surface area (Å²) >= 11 is 17.9. The lowest BCUT2D eigenvalue weighted by Crippen LogP contribution is -2.61. The van der Waals surface area contributed by atoms with E-state index in [1.165, 1.54) is 0 Å². The molecule has 1 fully saturated rings. The minimum Gasteiger partial charge on any atom is -0.487 e. The minimum atomic E-state index is -5.03. The summed E-state index contributed by atoms with van der Waals surface area (Å²) in [6, 6.07) is 8.17. The molecule has 2 N–H and O–H groups in total. The van der Waals surface area contributed by atoms with Gasteiger partial charge in [0.05, 0.1) is 0 Å². The van der Waals surface area contributed by atoms with Crippen molar-refractivity contribution in [1.29, 1.82) is 0 Å². The molecule has 0 spiro atoms. The van der Waals surface area contributed by atoms with Gasteiger partial charge >= 0.3 is 13.8 Å². The van der Waals surface area contributed by atoms with Crippen LogP contribution in [0.2, 0.25) is 0 Å². The van der Waals surface area contributed by atoms with Gasteiger partial charge in [-0.1, -0.05) is 64.8 Å². The molecule has 15 heteroatoms. The van der Waals surface area contributed by atoms with E-state index in [-0.39, 0.29) is 6.61 Å². The molecule has 0 saturated carbocycles. The SMILES string of the molecule is CC(OP(=O)(O)O)=C(C(=O)OCC(Cl)(Cl)Cl)N1C(=O)C2N=C(COc3ccccc3)SC21. The normalized spacial score (nSPS) is 21.2. The number of ether oxygens (including phenoxy) is 2. The van der Waals surface area contributed by atoms with Gasteiger partial charge in [0.2, 0.25) is 3.79 Å². The maximum atomic E-state index is 12.7. The Morgan fingerprint density at radius 3 is 2.53 bits per heavy atom. The molecular formula is C17H16Cl3N2O8PS. The van der Waals surface area contributed by atoms with Crippen LogP contribution in [0.4, 0.5) is 0 Å². The number of alkyl halides is 3. The van der Waals surface area contributed by atoms with Crippen LogP contribution in [0.3, 0.4) is 0 Å². The number of hydrogen-bond acceptors (Lipinski definition) is 8. The first-order valence-electron chi connectivity index (χ1n) is 8.80. The highest BCUT2D eigenvalue weighted by atomic mass is 35.6. The molecule has 1 saturated heterocycles. The fraction of sp³-hybridized carbons (Fsp3) is 0.353. The average molecular weight is 546 g/mol. The molecule has 2 heterocycles. The number of para-hydroxylation sites is 1. The molecule has 1 aromatic rings. The first-order valence-corrected chi connectivity index (χ1v) is 12.3. The van der Waals surface area contributed by atoms with Crippen molar-refractivity contribution >= 4 is 71.3 Å². The number of fused-ring (bicyclic) bond motifs is 1. The molecule has 2 aliphatic rings. The van der Waals surface area contributed by atoms with Gasteiger partial charge in [-0.15, -0.1) is 0 Å². The highest BCUT2D eigenvalue weighted by Crippen LogP contribution is 2.45. The molecule has 0 bridgehead atoms. The van der Waals surface area contributed by atoms with E-state index in [0.717, 1.165) is 23.6 Å². The van der Waals surface area contributed by atoms with E-state index in [1.54, 1.807) is 24.3 Å². The molecule has 3 rings (SSSR count). The van der Waals surface area contributed by atoms with Crippen LogP contribution in [-0.4, -0.2) is 60.0 Å². The second-order valence-electron chi connectivity index (χ2n) is 6.46. The summed E-state index contributed by atoms with van der Waals surface area (Å²) < 4.78 is 24.4. The summed E-state index contributed by atoms with van der Waals surface area (Å²) in [6.45, 7) is 0.530. The Kier molecular flexibility index (Phi) is 7.71. The second kappa shape index (κ2) is 9.80. The topological polar surface area (TPSA) is 135 Å². The third-order valence-electron chi connectivity index (χ3n) is 4.05. The zero-order valence-corrected chi connectivity index (χ0v) is 20.2. The lowest BCUT2D eigenvalue weighted by Gasteiger charge is -2.41. The summed E-state index contributed by atoms with van der Waals surface area (Å²) in [5, 5.41) is -0.162.